The van der Waals surface area contributed by atoms with Crippen molar-refractivity contribution in [1.29, 1.82) is 0 Å². The van der Waals surface area contributed by atoms with Gasteiger partial charge < -0.3 is 39.1 Å². The summed E-state index contributed by atoms with van der Waals surface area (Å²) in [4.78, 5) is 77.1. The molecule has 230 valence electrons. The van der Waals surface area contributed by atoms with Gasteiger partial charge in [-0.2, -0.15) is 0 Å². The number of rotatable bonds is 20. The van der Waals surface area contributed by atoms with Crippen molar-refractivity contribution in [1.82, 2.24) is 10.6 Å². The number of nitrogens with one attached hydrogen (secondary N) is 2. The van der Waals surface area contributed by atoms with E-state index in [1.807, 2.05) is 0 Å². The van der Waals surface area contributed by atoms with Crippen molar-refractivity contribution in [3.05, 3.63) is 34.4 Å². The molecule has 0 spiro atoms. The first-order chi connectivity index (χ1) is 20.3. The largest absolute Gasteiger partial charge is 0.382 e. The fraction of sp³-hybridized carbons (Fsp3) is 0.571. The molecule has 0 radical (unpaired) electrons. The van der Waals surface area contributed by atoms with Gasteiger partial charge in [0.15, 0.2) is 35.0 Å². The zero-order valence-corrected chi connectivity index (χ0v) is 23.7. The second-order valence-electron chi connectivity index (χ2n) is 9.28. The SMILES string of the molecule is COCCOCCOCCNC(=O)C1C(=O)c2cc3c(cc2C1=O)C(=O)C(C(=O)NCCOCCOCCOC)C3=O. The van der Waals surface area contributed by atoms with Gasteiger partial charge in [0.1, 0.15) is 0 Å². The predicted molar refractivity (Wildman–Crippen MR) is 144 cm³/mol. The van der Waals surface area contributed by atoms with Gasteiger partial charge >= 0.3 is 0 Å². The number of amides is 2. The maximum atomic E-state index is 13.0. The number of fused-ring (bicyclic) bond motifs is 2. The van der Waals surface area contributed by atoms with E-state index < -0.39 is 46.8 Å². The van der Waals surface area contributed by atoms with Crippen LogP contribution in [0.25, 0.3) is 0 Å². The normalized spacial score (nSPS) is 14.9. The number of hydrogen-bond acceptors (Lipinski definition) is 12. The molecule has 14 nitrogen and oxygen atoms in total. The van der Waals surface area contributed by atoms with Gasteiger partial charge in [-0.15, -0.1) is 0 Å². The summed E-state index contributed by atoms with van der Waals surface area (Å²) in [7, 11) is 3.13. The number of Topliss-reactive ketones (excluding diaryl/α,β-unsaturated/α-hetero) is 4. The highest BCUT2D eigenvalue weighted by Gasteiger charge is 2.48. The Balaban J connectivity index is 1.48. The number of ketones is 4. The first-order valence-electron chi connectivity index (χ1n) is 13.5. The van der Waals surface area contributed by atoms with Gasteiger partial charge in [-0.25, -0.2) is 0 Å². The van der Waals surface area contributed by atoms with Crippen molar-refractivity contribution in [2.24, 2.45) is 11.8 Å². The zero-order valence-electron chi connectivity index (χ0n) is 23.7. The average Bonchev–Trinajstić information content (AvgIpc) is 3.37. The minimum atomic E-state index is -1.63. The summed E-state index contributed by atoms with van der Waals surface area (Å²) >= 11 is 0. The Morgan fingerprint density at radius 3 is 1.12 bits per heavy atom. The Morgan fingerprint density at radius 1 is 0.524 bits per heavy atom. The third kappa shape index (κ3) is 8.33. The molecule has 0 unspecified atom stereocenters. The monoisotopic (exact) mass is 592 g/mol. The fourth-order valence-corrected chi connectivity index (χ4v) is 4.38. The van der Waals surface area contributed by atoms with E-state index in [1.165, 1.54) is 0 Å². The van der Waals surface area contributed by atoms with E-state index in [0.29, 0.717) is 39.6 Å². The number of methoxy groups -OCH3 is 2. The van der Waals surface area contributed by atoms with Gasteiger partial charge in [0, 0.05) is 49.6 Å². The van der Waals surface area contributed by atoms with Crippen LogP contribution in [0.1, 0.15) is 41.4 Å². The fourth-order valence-electron chi connectivity index (χ4n) is 4.38. The van der Waals surface area contributed by atoms with Crippen molar-refractivity contribution in [2.45, 2.75) is 0 Å². The third-order valence-electron chi connectivity index (χ3n) is 6.49. The van der Waals surface area contributed by atoms with Gasteiger partial charge in [0.25, 0.3) is 0 Å². The van der Waals surface area contributed by atoms with Crippen LogP contribution in [0.15, 0.2) is 12.1 Å². The van der Waals surface area contributed by atoms with Crippen LogP contribution in [-0.2, 0) is 38.0 Å². The maximum absolute atomic E-state index is 13.0. The highest BCUT2D eigenvalue weighted by molar-refractivity contribution is 6.39. The summed E-state index contributed by atoms with van der Waals surface area (Å²) in [6, 6.07) is 2.26. The third-order valence-corrected chi connectivity index (χ3v) is 6.49. The lowest BCUT2D eigenvalue weighted by atomic mass is 10.0. The molecule has 0 bridgehead atoms. The summed E-state index contributed by atoms with van der Waals surface area (Å²) < 4.78 is 30.9. The summed E-state index contributed by atoms with van der Waals surface area (Å²) in [6.45, 7) is 3.45. The molecule has 2 aliphatic carbocycles. The van der Waals surface area contributed by atoms with Crippen LogP contribution in [-0.4, -0.2) is 128 Å². The maximum Gasteiger partial charge on any atom is 0.239 e. The lowest BCUT2D eigenvalue weighted by Gasteiger charge is -2.10. The van der Waals surface area contributed by atoms with E-state index in [2.05, 4.69) is 10.6 Å². The Bertz CT molecular complexity index is 1030. The second-order valence-corrected chi connectivity index (χ2v) is 9.28. The van der Waals surface area contributed by atoms with Crippen LogP contribution >= 0.6 is 0 Å². The van der Waals surface area contributed by atoms with E-state index in [9.17, 15) is 28.8 Å². The molecular weight excluding hydrogens is 556 g/mol. The molecule has 14 heteroatoms. The Morgan fingerprint density at radius 2 is 0.810 bits per heavy atom. The van der Waals surface area contributed by atoms with E-state index in [-0.39, 0.29) is 61.8 Å². The van der Waals surface area contributed by atoms with Crippen molar-refractivity contribution < 1.29 is 57.2 Å². The molecule has 0 fully saturated rings. The smallest absolute Gasteiger partial charge is 0.239 e. The van der Waals surface area contributed by atoms with Gasteiger partial charge in [-0.1, -0.05) is 0 Å². The Kier molecular flexibility index (Phi) is 13.3. The minimum absolute atomic E-state index is 0.0573. The van der Waals surface area contributed by atoms with Crippen molar-refractivity contribution in [2.75, 3.05) is 93.4 Å². The molecule has 3 rings (SSSR count). The number of hydrogen-bond donors (Lipinski definition) is 2. The topological polar surface area (TPSA) is 182 Å². The number of carbonyl (C=O) groups excluding carboxylic acids is 6. The summed E-state index contributed by atoms with van der Waals surface area (Å²) in [5.41, 5.74) is -0.531. The number of carbonyl (C=O) groups is 6. The highest BCUT2D eigenvalue weighted by atomic mass is 16.5. The van der Waals surface area contributed by atoms with Crippen molar-refractivity contribution in [3.63, 3.8) is 0 Å². The van der Waals surface area contributed by atoms with Crippen molar-refractivity contribution >= 4 is 34.9 Å². The molecule has 1 aromatic rings. The van der Waals surface area contributed by atoms with Crippen LogP contribution in [0.3, 0.4) is 0 Å². The Hall–Kier alpha value is -3.40. The minimum Gasteiger partial charge on any atom is -0.382 e. The molecule has 0 saturated heterocycles. The molecule has 0 atom stereocenters. The van der Waals surface area contributed by atoms with E-state index in [0.717, 1.165) is 12.1 Å². The molecular formula is C28H36N2O12. The summed E-state index contributed by atoms with van der Waals surface area (Å²) in [6.07, 6.45) is 0. The molecule has 0 aliphatic heterocycles. The number of ether oxygens (including phenoxy) is 6. The van der Waals surface area contributed by atoms with Gasteiger partial charge in [0.05, 0.1) is 66.1 Å². The first kappa shape index (κ1) is 33.1. The molecule has 42 heavy (non-hydrogen) atoms. The molecule has 0 saturated carbocycles. The Labute approximate surface area is 242 Å². The van der Waals surface area contributed by atoms with Crippen LogP contribution in [0.5, 0.6) is 0 Å². The average molecular weight is 593 g/mol. The predicted octanol–water partition coefficient (Wildman–Crippen LogP) is -0.731. The van der Waals surface area contributed by atoms with Crippen molar-refractivity contribution in [3.8, 4) is 0 Å². The van der Waals surface area contributed by atoms with E-state index >= 15 is 0 Å². The van der Waals surface area contributed by atoms with Crippen LogP contribution in [0.4, 0.5) is 0 Å². The van der Waals surface area contributed by atoms with Crippen LogP contribution in [0, 0.1) is 11.8 Å². The van der Waals surface area contributed by atoms with Gasteiger partial charge in [-0.05, 0) is 12.1 Å². The quantitative estimate of drug-likeness (QED) is 0.143. The summed E-state index contributed by atoms with van der Waals surface area (Å²) in [5, 5.41) is 4.99. The first-order valence-corrected chi connectivity index (χ1v) is 13.5. The zero-order chi connectivity index (χ0) is 30.5. The number of benzene rings is 1. The summed E-state index contributed by atoms with van der Waals surface area (Å²) in [5.74, 6) is -7.99. The molecule has 2 amide bonds. The second kappa shape index (κ2) is 16.9. The molecule has 0 aromatic heterocycles. The highest BCUT2D eigenvalue weighted by Crippen LogP contribution is 2.35. The van der Waals surface area contributed by atoms with E-state index in [4.69, 9.17) is 28.4 Å². The van der Waals surface area contributed by atoms with Gasteiger partial charge in [0.2, 0.25) is 11.8 Å². The standard InChI is InChI=1S/C28H36N2O12/c1-37-7-9-41-13-11-39-5-3-29-27(35)21-23(31)17-15-19-20(16-18(17)24(21)32)26(34)22(25(19)33)28(36)30-4-6-40-12-14-42-10-8-38-2/h15-16,21-22H,3-14H2,1-2H3,(H,29,35)(H,30,36). The van der Waals surface area contributed by atoms with Gasteiger partial charge in [-0.3, -0.25) is 28.8 Å². The lowest BCUT2D eigenvalue weighted by Crippen LogP contribution is -2.38. The molecule has 2 N–H and O–H groups in total. The molecule has 0 heterocycles. The molecule has 2 aliphatic rings. The van der Waals surface area contributed by atoms with Crippen LogP contribution in [0.2, 0.25) is 0 Å². The molecule has 1 aromatic carbocycles. The van der Waals surface area contributed by atoms with E-state index in [1.54, 1.807) is 14.2 Å². The van der Waals surface area contributed by atoms with Crippen LogP contribution < -0.4 is 10.6 Å². The lowest BCUT2D eigenvalue weighted by molar-refractivity contribution is -0.123.